The molecule has 1 atom stereocenters. The van der Waals surface area contributed by atoms with Gasteiger partial charge in [-0.25, -0.2) is 0 Å². The first kappa shape index (κ1) is 14.4. The van der Waals surface area contributed by atoms with Gasteiger partial charge in [-0.15, -0.1) is 0 Å². The zero-order valence-corrected chi connectivity index (χ0v) is 12.2. The molecule has 2 aromatic rings. The number of hydrogen-bond donors (Lipinski definition) is 2. The third-order valence-electron chi connectivity index (χ3n) is 3.07. The maximum absolute atomic E-state index is 12.1. The summed E-state index contributed by atoms with van der Waals surface area (Å²) in [5.74, 6) is -0.0874. The second kappa shape index (κ2) is 6.44. The lowest BCUT2D eigenvalue weighted by molar-refractivity contribution is -0.116. The van der Waals surface area contributed by atoms with Crippen molar-refractivity contribution in [3.05, 3.63) is 59.1 Å². The Kier molecular flexibility index (Phi) is 4.64. The van der Waals surface area contributed by atoms with E-state index in [1.165, 1.54) is 0 Å². The lowest BCUT2D eigenvalue weighted by Gasteiger charge is -2.17. The molecule has 3 nitrogen and oxygen atoms in total. The van der Waals surface area contributed by atoms with Crippen LogP contribution in [0, 0.1) is 6.92 Å². The van der Waals surface area contributed by atoms with Gasteiger partial charge in [-0.2, -0.15) is 0 Å². The molecule has 2 N–H and O–H groups in total. The number of nitrogens with one attached hydrogen (secondary N) is 2. The second-order valence-corrected chi connectivity index (χ2v) is 5.04. The van der Waals surface area contributed by atoms with Gasteiger partial charge < -0.3 is 10.6 Å². The van der Waals surface area contributed by atoms with E-state index in [0.717, 1.165) is 16.9 Å². The average Bonchev–Trinajstić information content (AvgIpc) is 2.45. The van der Waals surface area contributed by atoms with Crippen molar-refractivity contribution in [3.63, 3.8) is 0 Å². The van der Waals surface area contributed by atoms with Gasteiger partial charge >= 0.3 is 0 Å². The Bertz CT molecular complexity index is 599. The number of benzene rings is 2. The van der Waals surface area contributed by atoms with Crippen molar-refractivity contribution in [2.75, 3.05) is 10.6 Å². The van der Waals surface area contributed by atoms with Gasteiger partial charge in [0, 0.05) is 16.4 Å². The normalized spacial score (nSPS) is 11.8. The van der Waals surface area contributed by atoms with Crippen LogP contribution >= 0.6 is 11.6 Å². The van der Waals surface area contributed by atoms with Gasteiger partial charge in [0.15, 0.2) is 0 Å². The van der Waals surface area contributed by atoms with Crippen molar-refractivity contribution in [1.82, 2.24) is 0 Å². The van der Waals surface area contributed by atoms with Crippen molar-refractivity contribution in [2.24, 2.45) is 0 Å². The van der Waals surface area contributed by atoms with Crippen LogP contribution in [-0.4, -0.2) is 11.9 Å². The summed E-state index contributed by atoms with van der Waals surface area (Å²) in [6.45, 7) is 3.74. The summed E-state index contributed by atoms with van der Waals surface area (Å²) in [4.78, 5) is 12.1. The monoisotopic (exact) mass is 288 g/mol. The molecule has 20 heavy (non-hydrogen) atoms. The number of halogens is 1. The standard InChI is InChI=1S/C16H17ClN2O/c1-11-14(17)9-6-10-15(11)18-12(2)16(20)19-13-7-4-3-5-8-13/h3-10,12,18H,1-2H3,(H,19,20). The van der Waals surface area contributed by atoms with E-state index in [-0.39, 0.29) is 11.9 Å². The van der Waals surface area contributed by atoms with Gasteiger partial charge in [0.25, 0.3) is 0 Å². The lowest BCUT2D eigenvalue weighted by Crippen LogP contribution is -2.32. The number of rotatable bonds is 4. The number of hydrogen-bond acceptors (Lipinski definition) is 2. The van der Waals surface area contributed by atoms with Crippen LogP contribution in [0.15, 0.2) is 48.5 Å². The van der Waals surface area contributed by atoms with E-state index in [0.29, 0.717) is 5.02 Å². The number of amides is 1. The van der Waals surface area contributed by atoms with E-state index in [1.807, 2.05) is 62.4 Å². The Balaban J connectivity index is 2.03. The van der Waals surface area contributed by atoms with Gasteiger partial charge in [-0.1, -0.05) is 35.9 Å². The summed E-state index contributed by atoms with van der Waals surface area (Å²) in [5.41, 5.74) is 2.59. The highest BCUT2D eigenvalue weighted by Gasteiger charge is 2.14. The van der Waals surface area contributed by atoms with E-state index >= 15 is 0 Å². The summed E-state index contributed by atoms with van der Waals surface area (Å²) in [6.07, 6.45) is 0. The molecular weight excluding hydrogens is 272 g/mol. The maximum Gasteiger partial charge on any atom is 0.246 e. The Labute approximate surface area is 124 Å². The highest BCUT2D eigenvalue weighted by molar-refractivity contribution is 6.31. The lowest BCUT2D eigenvalue weighted by atomic mass is 10.1. The molecule has 104 valence electrons. The van der Waals surface area contributed by atoms with Gasteiger partial charge in [-0.05, 0) is 43.7 Å². The topological polar surface area (TPSA) is 41.1 Å². The van der Waals surface area contributed by atoms with E-state index < -0.39 is 0 Å². The van der Waals surface area contributed by atoms with Crippen LogP contribution in [0.4, 0.5) is 11.4 Å². The zero-order chi connectivity index (χ0) is 14.5. The first-order valence-corrected chi connectivity index (χ1v) is 6.83. The summed E-state index contributed by atoms with van der Waals surface area (Å²) in [5, 5.41) is 6.72. The van der Waals surface area contributed by atoms with Crippen LogP contribution in [0.1, 0.15) is 12.5 Å². The van der Waals surface area contributed by atoms with E-state index in [9.17, 15) is 4.79 Å². The van der Waals surface area contributed by atoms with Crippen LogP contribution in [0.25, 0.3) is 0 Å². The molecule has 0 spiro atoms. The van der Waals surface area contributed by atoms with E-state index in [2.05, 4.69) is 10.6 Å². The van der Waals surface area contributed by atoms with Crippen molar-refractivity contribution in [1.29, 1.82) is 0 Å². The van der Waals surface area contributed by atoms with Crippen molar-refractivity contribution >= 4 is 28.9 Å². The summed E-state index contributed by atoms with van der Waals surface area (Å²) in [6, 6.07) is 14.6. The summed E-state index contributed by atoms with van der Waals surface area (Å²) in [7, 11) is 0. The molecule has 0 bridgehead atoms. The fourth-order valence-corrected chi connectivity index (χ4v) is 2.01. The number of para-hydroxylation sites is 1. The van der Waals surface area contributed by atoms with Gasteiger partial charge in [0.05, 0.1) is 0 Å². The van der Waals surface area contributed by atoms with Crippen molar-refractivity contribution < 1.29 is 4.79 Å². The minimum atomic E-state index is -0.354. The quantitative estimate of drug-likeness (QED) is 0.890. The zero-order valence-electron chi connectivity index (χ0n) is 11.5. The Morgan fingerprint density at radius 2 is 1.80 bits per heavy atom. The SMILES string of the molecule is Cc1c(Cl)cccc1NC(C)C(=O)Nc1ccccc1. The Hall–Kier alpha value is -2.00. The second-order valence-electron chi connectivity index (χ2n) is 4.63. The molecule has 0 aliphatic heterocycles. The molecule has 2 aromatic carbocycles. The number of anilines is 2. The number of carbonyl (C=O) groups is 1. The molecule has 0 aliphatic carbocycles. The first-order chi connectivity index (χ1) is 9.58. The third kappa shape index (κ3) is 3.52. The predicted octanol–water partition coefficient (Wildman–Crippen LogP) is 4.09. The molecule has 2 rings (SSSR count). The molecule has 0 saturated carbocycles. The maximum atomic E-state index is 12.1. The van der Waals surface area contributed by atoms with Crippen LogP contribution in [0.3, 0.4) is 0 Å². The minimum Gasteiger partial charge on any atom is -0.374 e. The van der Waals surface area contributed by atoms with Crippen LogP contribution in [0.2, 0.25) is 5.02 Å². The molecule has 4 heteroatoms. The molecule has 1 amide bonds. The Morgan fingerprint density at radius 1 is 1.10 bits per heavy atom. The van der Waals surface area contributed by atoms with Gasteiger partial charge in [0.1, 0.15) is 6.04 Å². The smallest absolute Gasteiger partial charge is 0.246 e. The highest BCUT2D eigenvalue weighted by Crippen LogP contribution is 2.23. The third-order valence-corrected chi connectivity index (χ3v) is 3.48. The molecule has 1 unspecified atom stereocenters. The van der Waals surface area contributed by atoms with Crippen LogP contribution in [0.5, 0.6) is 0 Å². The van der Waals surface area contributed by atoms with E-state index in [1.54, 1.807) is 0 Å². The van der Waals surface area contributed by atoms with Crippen molar-refractivity contribution in [3.8, 4) is 0 Å². The fourth-order valence-electron chi connectivity index (χ4n) is 1.83. The number of carbonyl (C=O) groups excluding carboxylic acids is 1. The largest absolute Gasteiger partial charge is 0.374 e. The van der Waals surface area contributed by atoms with Crippen LogP contribution in [-0.2, 0) is 4.79 Å². The predicted molar refractivity (Wildman–Crippen MR) is 84.3 cm³/mol. The molecule has 0 fully saturated rings. The first-order valence-electron chi connectivity index (χ1n) is 6.45. The Morgan fingerprint density at radius 3 is 2.50 bits per heavy atom. The molecule has 0 saturated heterocycles. The van der Waals surface area contributed by atoms with Gasteiger partial charge in [0.2, 0.25) is 5.91 Å². The van der Waals surface area contributed by atoms with Crippen molar-refractivity contribution in [2.45, 2.75) is 19.9 Å². The average molecular weight is 289 g/mol. The molecule has 0 aliphatic rings. The molecule has 0 radical (unpaired) electrons. The van der Waals surface area contributed by atoms with Gasteiger partial charge in [-0.3, -0.25) is 4.79 Å². The molecular formula is C16H17ClN2O. The van der Waals surface area contributed by atoms with Crippen LogP contribution < -0.4 is 10.6 Å². The molecule has 0 aromatic heterocycles. The fraction of sp³-hybridized carbons (Fsp3) is 0.188. The highest BCUT2D eigenvalue weighted by atomic mass is 35.5. The summed E-state index contributed by atoms with van der Waals surface area (Å²) < 4.78 is 0. The molecule has 0 heterocycles. The van der Waals surface area contributed by atoms with E-state index in [4.69, 9.17) is 11.6 Å². The minimum absolute atomic E-state index is 0.0874. The summed E-state index contributed by atoms with van der Waals surface area (Å²) >= 11 is 6.07.